The van der Waals surface area contributed by atoms with E-state index in [0.717, 1.165) is 19.0 Å². The topological polar surface area (TPSA) is 29.1 Å². The number of nitrogens with one attached hydrogen (secondary N) is 1. The van der Waals surface area contributed by atoms with Gasteiger partial charge in [-0.15, -0.1) is 0 Å². The summed E-state index contributed by atoms with van der Waals surface area (Å²) in [6, 6.07) is 0. The normalized spacial score (nSPS) is 12.0. The molecule has 0 heterocycles. The third kappa shape index (κ3) is 6.19. The van der Waals surface area contributed by atoms with Crippen molar-refractivity contribution in [3.05, 3.63) is 12.3 Å². The largest absolute Gasteiger partial charge is 0.454 e. The molecule has 0 aromatic carbocycles. The van der Waals surface area contributed by atoms with Crippen LogP contribution in [0.15, 0.2) is 12.3 Å². The highest BCUT2D eigenvalue weighted by molar-refractivity contribution is 5.94. The highest BCUT2D eigenvalue weighted by Gasteiger charge is 2.35. The van der Waals surface area contributed by atoms with Gasteiger partial charge in [-0.1, -0.05) is 13.3 Å². The molecule has 0 amide bonds. The Hall–Kier alpha value is -1.00. The van der Waals surface area contributed by atoms with E-state index in [1.807, 2.05) is 6.92 Å². The van der Waals surface area contributed by atoms with E-state index >= 15 is 0 Å². The zero-order valence-corrected chi connectivity index (χ0v) is 7.32. The molecule has 0 aliphatic carbocycles. The summed E-state index contributed by atoms with van der Waals surface area (Å²) >= 11 is 0. The van der Waals surface area contributed by atoms with E-state index in [1.165, 1.54) is 0 Å². The SMILES string of the molecule is CCCCN/C=C\C(=O)C(F)(F)F. The van der Waals surface area contributed by atoms with Crippen molar-refractivity contribution in [3.8, 4) is 0 Å². The first-order valence-corrected chi connectivity index (χ1v) is 3.99. The first-order chi connectivity index (χ1) is 5.98. The van der Waals surface area contributed by atoms with E-state index in [-0.39, 0.29) is 0 Å². The van der Waals surface area contributed by atoms with E-state index in [1.54, 1.807) is 0 Å². The number of rotatable bonds is 5. The number of unbranched alkanes of at least 4 members (excludes halogenated alkanes) is 1. The van der Waals surface area contributed by atoms with Crippen LogP contribution >= 0.6 is 0 Å². The van der Waals surface area contributed by atoms with Gasteiger partial charge in [-0.05, 0) is 6.42 Å². The summed E-state index contributed by atoms with van der Waals surface area (Å²) in [5.74, 6) is -1.84. The van der Waals surface area contributed by atoms with Gasteiger partial charge in [0, 0.05) is 18.8 Å². The molecule has 1 N–H and O–H groups in total. The number of ketones is 1. The summed E-state index contributed by atoms with van der Waals surface area (Å²) in [6.07, 6.45) is -1.41. The molecule has 0 aliphatic rings. The number of carbonyl (C=O) groups excluding carboxylic acids is 1. The van der Waals surface area contributed by atoms with Gasteiger partial charge in [-0.3, -0.25) is 4.79 Å². The maximum atomic E-state index is 11.6. The van der Waals surface area contributed by atoms with Crippen molar-refractivity contribution in [2.45, 2.75) is 25.9 Å². The lowest BCUT2D eigenvalue weighted by atomic mass is 10.3. The van der Waals surface area contributed by atoms with Crippen LogP contribution in [0.4, 0.5) is 13.2 Å². The summed E-state index contributed by atoms with van der Waals surface area (Å²) in [4.78, 5) is 10.2. The molecule has 0 unspecified atom stereocenters. The first-order valence-electron chi connectivity index (χ1n) is 3.99. The highest BCUT2D eigenvalue weighted by atomic mass is 19.4. The Morgan fingerprint density at radius 3 is 2.54 bits per heavy atom. The summed E-state index contributed by atoms with van der Waals surface area (Å²) in [6.45, 7) is 2.55. The number of hydrogen-bond donors (Lipinski definition) is 1. The van der Waals surface area contributed by atoms with Gasteiger partial charge in [-0.25, -0.2) is 0 Å². The predicted molar refractivity (Wildman–Crippen MR) is 43.1 cm³/mol. The van der Waals surface area contributed by atoms with Gasteiger partial charge in [0.05, 0.1) is 0 Å². The Kier molecular flexibility index (Phi) is 5.18. The maximum absolute atomic E-state index is 11.6. The summed E-state index contributed by atoms with van der Waals surface area (Å²) < 4.78 is 34.8. The summed E-state index contributed by atoms with van der Waals surface area (Å²) in [5, 5.41) is 2.59. The number of hydrogen-bond acceptors (Lipinski definition) is 2. The highest BCUT2D eigenvalue weighted by Crippen LogP contribution is 2.15. The van der Waals surface area contributed by atoms with Crippen molar-refractivity contribution >= 4 is 5.78 Å². The number of carbonyl (C=O) groups is 1. The minimum absolute atomic E-state index is 0.496. The van der Waals surface area contributed by atoms with E-state index < -0.39 is 12.0 Å². The lowest BCUT2D eigenvalue weighted by Gasteiger charge is -2.00. The smallest absolute Gasteiger partial charge is 0.391 e. The Labute approximate surface area is 74.8 Å². The van der Waals surface area contributed by atoms with Gasteiger partial charge in [-0.2, -0.15) is 13.2 Å². The lowest BCUT2D eigenvalue weighted by molar-refractivity contribution is -0.165. The molecule has 0 atom stereocenters. The second kappa shape index (κ2) is 5.61. The third-order valence-corrected chi connectivity index (χ3v) is 1.31. The zero-order valence-electron chi connectivity index (χ0n) is 7.32. The molecule has 0 saturated heterocycles. The van der Waals surface area contributed by atoms with Crippen LogP contribution < -0.4 is 5.32 Å². The molecule has 5 heteroatoms. The van der Waals surface area contributed by atoms with Crippen molar-refractivity contribution in [1.82, 2.24) is 5.32 Å². The average Bonchev–Trinajstić information content (AvgIpc) is 2.02. The van der Waals surface area contributed by atoms with Crippen LogP contribution in [0.25, 0.3) is 0 Å². The van der Waals surface area contributed by atoms with Crippen molar-refractivity contribution in [1.29, 1.82) is 0 Å². The van der Waals surface area contributed by atoms with Crippen LogP contribution in [0.3, 0.4) is 0 Å². The fourth-order valence-electron chi connectivity index (χ4n) is 0.591. The van der Waals surface area contributed by atoms with Crippen molar-refractivity contribution < 1.29 is 18.0 Å². The lowest BCUT2D eigenvalue weighted by Crippen LogP contribution is -2.21. The van der Waals surface area contributed by atoms with Gasteiger partial charge >= 0.3 is 6.18 Å². The Morgan fingerprint density at radius 2 is 2.08 bits per heavy atom. The second-order valence-electron chi connectivity index (χ2n) is 2.50. The average molecular weight is 195 g/mol. The van der Waals surface area contributed by atoms with Gasteiger partial charge in [0.1, 0.15) is 0 Å². The van der Waals surface area contributed by atoms with Crippen molar-refractivity contribution in [3.63, 3.8) is 0 Å². The van der Waals surface area contributed by atoms with E-state index in [2.05, 4.69) is 5.32 Å². The third-order valence-electron chi connectivity index (χ3n) is 1.31. The second-order valence-corrected chi connectivity index (χ2v) is 2.50. The molecule has 0 saturated carbocycles. The van der Waals surface area contributed by atoms with Crippen LogP contribution in [0.2, 0.25) is 0 Å². The zero-order chi connectivity index (χ0) is 10.3. The van der Waals surface area contributed by atoms with Crippen LogP contribution in [0.1, 0.15) is 19.8 Å². The molecular formula is C8H12F3NO. The minimum Gasteiger partial charge on any atom is -0.391 e. The quantitative estimate of drug-likeness (QED) is 0.537. The van der Waals surface area contributed by atoms with Gasteiger partial charge < -0.3 is 5.32 Å². The van der Waals surface area contributed by atoms with Crippen LogP contribution in [-0.4, -0.2) is 18.5 Å². The fourth-order valence-corrected chi connectivity index (χ4v) is 0.591. The van der Waals surface area contributed by atoms with Crippen LogP contribution in [0, 0.1) is 0 Å². The molecule has 0 aliphatic heterocycles. The number of alkyl halides is 3. The molecule has 0 radical (unpaired) electrons. The molecule has 0 bridgehead atoms. The monoisotopic (exact) mass is 195 g/mol. The molecule has 0 rings (SSSR count). The van der Waals surface area contributed by atoms with Gasteiger partial charge in [0.25, 0.3) is 5.78 Å². The van der Waals surface area contributed by atoms with Crippen LogP contribution in [-0.2, 0) is 4.79 Å². The molecular weight excluding hydrogens is 183 g/mol. The summed E-state index contributed by atoms with van der Waals surface area (Å²) in [5.41, 5.74) is 0. The van der Waals surface area contributed by atoms with Crippen molar-refractivity contribution in [2.75, 3.05) is 6.54 Å². The first kappa shape index (κ1) is 12.0. The van der Waals surface area contributed by atoms with Gasteiger partial charge in [0.15, 0.2) is 0 Å². The standard InChI is InChI=1S/C8H12F3NO/c1-2-3-5-12-6-4-7(13)8(9,10)11/h4,6,12H,2-3,5H2,1H3/b6-4-. The number of allylic oxidation sites excluding steroid dienone is 1. The Morgan fingerprint density at radius 1 is 1.46 bits per heavy atom. The molecule has 2 nitrogen and oxygen atoms in total. The van der Waals surface area contributed by atoms with Gasteiger partial charge in [0.2, 0.25) is 0 Å². The number of halogens is 3. The molecule has 13 heavy (non-hydrogen) atoms. The van der Waals surface area contributed by atoms with E-state index in [9.17, 15) is 18.0 Å². The fraction of sp³-hybridized carbons (Fsp3) is 0.625. The van der Waals surface area contributed by atoms with E-state index in [0.29, 0.717) is 12.6 Å². The summed E-state index contributed by atoms with van der Waals surface area (Å²) in [7, 11) is 0. The molecule has 0 aromatic heterocycles. The molecule has 0 aromatic rings. The van der Waals surface area contributed by atoms with Crippen LogP contribution in [0.5, 0.6) is 0 Å². The van der Waals surface area contributed by atoms with E-state index in [4.69, 9.17) is 0 Å². The van der Waals surface area contributed by atoms with Crippen molar-refractivity contribution in [2.24, 2.45) is 0 Å². The predicted octanol–water partition coefficient (Wildman–Crippen LogP) is 2.02. The molecule has 76 valence electrons. The molecule has 0 fully saturated rings. The minimum atomic E-state index is -4.76. The molecule has 0 spiro atoms. The Bertz CT molecular complexity index is 186. The maximum Gasteiger partial charge on any atom is 0.454 e. The Balaban J connectivity index is 3.67.